The van der Waals surface area contributed by atoms with Crippen LogP contribution in [0.3, 0.4) is 0 Å². The van der Waals surface area contributed by atoms with Crippen molar-refractivity contribution in [3.63, 3.8) is 0 Å². The molecule has 0 amide bonds. The van der Waals surface area contributed by atoms with Crippen LogP contribution in [-0.4, -0.2) is 4.65 Å². The highest BCUT2D eigenvalue weighted by Gasteiger charge is 2.04. The lowest BCUT2D eigenvalue weighted by molar-refractivity contribution is -0.716. The second kappa shape index (κ2) is 18.9. The molecule has 0 heterocycles. The third kappa shape index (κ3) is 16.6. The molecule has 0 saturated heterocycles. The first-order chi connectivity index (χ1) is 12.7. The highest BCUT2D eigenvalue weighted by atomic mass is 16.5. The van der Waals surface area contributed by atoms with Crippen molar-refractivity contribution in [3.8, 4) is 0 Å². The van der Waals surface area contributed by atoms with E-state index < -0.39 is 4.65 Å². The van der Waals surface area contributed by atoms with E-state index >= 15 is 0 Å². The Morgan fingerprint density at radius 2 is 0.808 bits per heavy atom. The maximum absolute atomic E-state index is 13.0. The van der Waals surface area contributed by atoms with Crippen LogP contribution in [0, 0.1) is 5.21 Å². The van der Waals surface area contributed by atoms with Crippen molar-refractivity contribution in [2.75, 3.05) is 0 Å². The van der Waals surface area contributed by atoms with Gasteiger partial charge in [-0.25, -0.2) is 0 Å². The summed E-state index contributed by atoms with van der Waals surface area (Å²) in [6, 6.07) is 0. The van der Waals surface area contributed by atoms with E-state index in [1.165, 1.54) is 77.0 Å². The topological polar surface area (TPSA) is 23.1 Å². The van der Waals surface area contributed by atoms with Crippen LogP contribution in [0.1, 0.15) is 117 Å². The van der Waals surface area contributed by atoms with Crippen molar-refractivity contribution in [1.82, 2.24) is 0 Å². The van der Waals surface area contributed by atoms with Gasteiger partial charge in [0.05, 0.1) is 0 Å². The molecular weight excluding hydrogens is 318 g/mol. The first-order valence-electron chi connectivity index (χ1n) is 11.3. The molecule has 0 N–H and O–H groups in total. The summed E-state index contributed by atoms with van der Waals surface area (Å²) in [5.74, 6) is 0. The molecule has 0 unspecified atom stereocenters. The van der Waals surface area contributed by atoms with Gasteiger partial charge in [0, 0.05) is 0 Å². The number of unbranched alkanes of at least 4 members (excludes halogenated alkanes) is 12. The Hall–Kier alpha value is -0.860. The van der Waals surface area contributed by atoms with E-state index in [0.29, 0.717) is 0 Å². The van der Waals surface area contributed by atoms with E-state index in [-0.39, 0.29) is 0 Å². The van der Waals surface area contributed by atoms with Crippen molar-refractivity contribution in [1.29, 1.82) is 0 Å². The number of hydrogen-bond acceptors (Lipinski definition) is 1. The van der Waals surface area contributed by atoms with Gasteiger partial charge in [-0.2, -0.15) is 0 Å². The molecule has 0 rings (SSSR count). The third-order valence-electron chi connectivity index (χ3n) is 4.69. The number of rotatable bonds is 18. The maximum atomic E-state index is 13.0. The number of nitrogens with zero attached hydrogens (tertiary/aromatic N) is 1. The molecule has 0 bridgehead atoms. The summed E-state index contributed by atoms with van der Waals surface area (Å²) in [5.41, 5.74) is 0. The number of hydrogen-bond donors (Lipinski definition) is 0. The molecule has 0 fully saturated rings. The van der Waals surface area contributed by atoms with Crippen LogP contribution in [0.4, 0.5) is 0 Å². The highest BCUT2D eigenvalue weighted by molar-refractivity contribution is 4.89. The van der Waals surface area contributed by atoms with Crippen molar-refractivity contribution in [2.24, 2.45) is 0 Å². The van der Waals surface area contributed by atoms with Crippen LogP contribution < -0.4 is 0 Å². The Labute approximate surface area is 164 Å². The van der Waals surface area contributed by atoms with Crippen LogP contribution >= 0.6 is 0 Å². The summed E-state index contributed by atoms with van der Waals surface area (Å²) in [6.07, 6.45) is 29.7. The van der Waals surface area contributed by atoms with Crippen molar-refractivity contribution >= 4 is 0 Å². The molecule has 152 valence electrons. The molecule has 0 radical (unpaired) electrons. The van der Waals surface area contributed by atoms with Crippen LogP contribution in [0.5, 0.6) is 0 Å². The summed E-state index contributed by atoms with van der Waals surface area (Å²) < 4.78 is -0.435. The van der Waals surface area contributed by atoms with Crippen LogP contribution in [0.25, 0.3) is 0 Å². The molecule has 2 heteroatoms. The van der Waals surface area contributed by atoms with Gasteiger partial charge in [-0.1, -0.05) is 78.6 Å². The Balaban J connectivity index is 4.45. The summed E-state index contributed by atoms with van der Waals surface area (Å²) in [5, 5.41) is 13.0. The first-order valence-corrected chi connectivity index (χ1v) is 11.3. The van der Waals surface area contributed by atoms with Crippen molar-refractivity contribution < 1.29 is 4.65 Å². The van der Waals surface area contributed by atoms with Gasteiger partial charge in [0.1, 0.15) is 18.6 Å². The SMILES string of the molecule is CCCCCC/C=C/[N+]([O-])(/C=C/CCCCCC)/C=C/CCCCCC. The van der Waals surface area contributed by atoms with Gasteiger partial charge in [-0.3, -0.25) is 4.65 Å². The number of hydroxylamine groups is 3. The molecule has 0 aliphatic rings. The monoisotopic (exact) mass is 363 g/mol. The van der Waals surface area contributed by atoms with Gasteiger partial charge in [0.15, 0.2) is 0 Å². The van der Waals surface area contributed by atoms with E-state index in [1.54, 1.807) is 0 Å². The lowest BCUT2D eigenvalue weighted by Crippen LogP contribution is -2.21. The zero-order valence-electron chi connectivity index (χ0n) is 17.9. The lowest BCUT2D eigenvalue weighted by atomic mass is 10.1. The van der Waals surface area contributed by atoms with Crippen molar-refractivity contribution in [2.45, 2.75) is 117 Å². The standard InChI is InChI=1S/C24H45NO/c1-4-7-10-13-16-19-22-25(26,23-20-17-14-11-8-5-2)24-21-18-15-12-9-6-3/h19-24H,4-18H2,1-3H3/b22-19+,23-20+,24-21+. The number of allylic oxidation sites excluding steroid dienone is 3. The quantitative estimate of drug-likeness (QED) is 0.135. The van der Waals surface area contributed by atoms with Gasteiger partial charge in [-0.05, 0) is 56.8 Å². The normalized spacial score (nSPS) is 12.9. The molecule has 0 aliphatic heterocycles. The van der Waals surface area contributed by atoms with Crippen LogP contribution in [-0.2, 0) is 0 Å². The molecular formula is C24H45NO. The molecule has 26 heavy (non-hydrogen) atoms. The van der Waals surface area contributed by atoms with E-state index in [0.717, 1.165) is 19.3 Å². The molecule has 0 aromatic carbocycles. The summed E-state index contributed by atoms with van der Waals surface area (Å²) >= 11 is 0. The number of quaternary nitrogens is 1. The zero-order chi connectivity index (χ0) is 19.3. The van der Waals surface area contributed by atoms with E-state index in [9.17, 15) is 5.21 Å². The van der Waals surface area contributed by atoms with Gasteiger partial charge in [0.2, 0.25) is 0 Å². The second-order valence-corrected chi connectivity index (χ2v) is 7.47. The minimum Gasteiger partial charge on any atom is -0.618 e. The molecule has 2 nitrogen and oxygen atoms in total. The van der Waals surface area contributed by atoms with Crippen LogP contribution in [0.2, 0.25) is 0 Å². The molecule has 0 spiro atoms. The summed E-state index contributed by atoms with van der Waals surface area (Å²) in [7, 11) is 0. The predicted molar refractivity (Wildman–Crippen MR) is 117 cm³/mol. The Bertz CT molecular complexity index is 315. The minimum atomic E-state index is -0.435. The van der Waals surface area contributed by atoms with Gasteiger partial charge < -0.3 is 5.21 Å². The Morgan fingerprint density at radius 1 is 0.500 bits per heavy atom. The van der Waals surface area contributed by atoms with E-state index in [1.807, 2.05) is 18.6 Å². The Morgan fingerprint density at radius 3 is 1.08 bits per heavy atom. The average Bonchev–Trinajstić information content (AvgIpc) is 2.64. The van der Waals surface area contributed by atoms with E-state index in [4.69, 9.17) is 0 Å². The predicted octanol–water partition coefficient (Wildman–Crippen LogP) is 8.75. The second-order valence-electron chi connectivity index (χ2n) is 7.47. The molecule has 0 aromatic rings. The fourth-order valence-electron chi connectivity index (χ4n) is 2.93. The first kappa shape index (κ1) is 25.1. The summed E-state index contributed by atoms with van der Waals surface area (Å²) in [4.78, 5) is 0. The van der Waals surface area contributed by atoms with Crippen LogP contribution in [0.15, 0.2) is 36.8 Å². The summed E-state index contributed by atoms with van der Waals surface area (Å²) in [6.45, 7) is 6.68. The lowest BCUT2D eigenvalue weighted by Gasteiger charge is -2.30. The average molecular weight is 364 g/mol. The zero-order valence-corrected chi connectivity index (χ0v) is 17.9. The van der Waals surface area contributed by atoms with Gasteiger partial charge in [-0.15, -0.1) is 0 Å². The largest absolute Gasteiger partial charge is 0.618 e. The minimum absolute atomic E-state index is 0.435. The maximum Gasteiger partial charge on any atom is 0.101 e. The van der Waals surface area contributed by atoms with Crippen molar-refractivity contribution in [3.05, 3.63) is 42.0 Å². The smallest absolute Gasteiger partial charge is 0.101 e. The van der Waals surface area contributed by atoms with E-state index in [2.05, 4.69) is 39.0 Å². The molecule has 0 atom stereocenters. The fourth-order valence-corrected chi connectivity index (χ4v) is 2.93. The highest BCUT2D eigenvalue weighted by Crippen LogP contribution is 2.14. The van der Waals surface area contributed by atoms with Gasteiger partial charge >= 0.3 is 0 Å². The molecule has 0 saturated carbocycles. The Kier molecular flexibility index (Phi) is 18.3. The van der Waals surface area contributed by atoms with Gasteiger partial charge in [0.25, 0.3) is 0 Å². The fraction of sp³-hybridized carbons (Fsp3) is 0.750. The molecule has 0 aromatic heterocycles. The third-order valence-corrected chi connectivity index (χ3v) is 4.69. The molecule has 0 aliphatic carbocycles.